The monoisotopic (exact) mass is 548 g/mol. The molecule has 206 valence electrons. The van der Waals surface area contributed by atoms with Gasteiger partial charge in [0.05, 0.1) is 23.0 Å². The van der Waals surface area contributed by atoms with Crippen LogP contribution in [0.25, 0.3) is 23.0 Å². The lowest BCUT2D eigenvalue weighted by Gasteiger charge is -2.21. The molecule has 3 heterocycles. The number of para-hydroxylation sites is 1. The Bertz CT molecular complexity index is 1790. The van der Waals surface area contributed by atoms with E-state index in [0.29, 0.717) is 24.3 Å². The number of allylic oxidation sites excluding steroid dienone is 1. The Labute approximate surface area is 236 Å². The normalized spacial score (nSPS) is 11.1. The standard InChI is InChI=1S/C30H28N8O3/c1-5-22-25(19(3)13-10-11-17-32-24(39)6-2)30(41)37(21-14-8-7-9-15-21)28(35-22)20(4)34-29(40)26-27(31)36-23-16-12-18-33-38(23)26/h5-9,12,14-16,18,20H,1-3,11,17,31H2,4H3,(H,32,39)(H,34,40)/t20-/m0/s1. The highest BCUT2D eigenvalue weighted by Crippen LogP contribution is 2.21. The number of carbonyl (C=O) groups excluding carboxylic acids is 2. The first-order chi connectivity index (χ1) is 19.8. The van der Waals surface area contributed by atoms with Crippen molar-refractivity contribution in [2.45, 2.75) is 19.4 Å². The van der Waals surface area contributed by atoms with Gasteiger partial charge in [0.1, 0.15) is 5.82 Å². The number of hydrogen-bond acceptors (Lipinski definition) is 7. The Balaban J connectivity index is 1.74. The number of aromatic nitrogens is 5. The molecular formula is C30H28N8O3. The van der Waals surface area contributed by atoms with Gasteiger partial charge in [0, 0.05) is 24.7 Å². The minimum Gasteiger partial charge on any atom is -0.382 e. The molecule has 0 saturated heterocycles. The van der Waals surface area contributed by atoms with Crippen molar-refractivity contribution in [3.63, 3.8) is 0 Å². The highest BCUT2D eigenvalue weighted by molar-refractivity contribution is 5.98. The summed E-state index contributed by atoms with van der Waals surface area (Å²) in [7, 11) is 0. The quantitative estimate of drug-likeness (QED) is 0.165. The van der Waals surface area contributed by atoms with Gasteiger partial charge in [-0.15, -0.1) is 0 Å². The van der Waals surface area contributed by atoms with E-state index in [9.17, 15) is 14.4 Å². The minimum absolute atomic E-state index is 0.0165. The third kappa shape index (κ3) is 5.97. The lowest BCUT2D eigenvalue weighted by molar-refractivity contribution is -0.116. The van der Waals surface area contributed by atoms with Gasteiger partial charge in [0.25, 0.3) is 11.5 Å². The molecule has 2 amide bonds. The number of imidazole rings is 1. The van der Waals surface area contributed by atoms with Crippen LogP contribution in [-0.4, -0.2) is 42.5 Å². The molecule has 0 fully saturated rings. The fourth-order valence-corrected chi connectivity index (χ4v) is 4.10. The second kappa shape index (κ2) is 12.4. The van der Waals surface area contributed by atoms with E-state index >= 15 is 0 Å². The predicted octanol–water partition coefficient (Wildman–Crippen LogP) is 2.70. The summed E-state index contributed by atoms with van der Waals surface area (Å²) in [4.78, 5) is 47.6. The zero-order valence-electron chi connectivity index (χ0n) is 22.4. The van der Waals surface area contributed by atoms with E-state index in [-0.39, 0.29) is 40.1 Å². The number of nitrogens with zero attached hydrogens (tertiary/aromatic N) is 5. The maximum Gasteiger partial charge on any atom is 0.274 e. The van der Waals surface area contributed by atoms with E-state index in [2.05, 4.69) is 52.3 Å². The Kier molecular flexibility index (Phi) is 8.54. The summed E-state index contributed by atoms with van der Waals surface area (Å²) in [6.07, 6.45) is 4.47. The Morgan fingerprint density at radius 1 is 1.15 bits per heavy atom. The largest absolute Gasteiger partial charge is 0.382 e. The lowest BCUT2D eigenvalue weighted by Crippen LogP contribution is -2.35. The van der Waals surface area contributed by atoms with Crippen LogP contribution in [0.2, 0.25) is 0 Å². The highest BCUT2D eigenvalue weighted by atomic mass is 16.2. The number of hydrogen-bond donors (Lipinski definition) is 3. The Morgan fingerprint density at radius 3 is 2.61 bits per heavy atom. The molecule has 3 aromatic heterocycles. The number of carbonyl (C=O) groups is 2. The van der Waals surface area contributed by atoms with Gasteiger partial charge in [-0.25, -0.2) is 14.5 Å². The molecule has 0 unspecified atom stereocenters. The van der Waals surface area contributed by atoms with Gasteiger partial charge in [-0.2, -0.15) is 5.10 Å². The first kappa shape index (κ1) is 28.3. The van der Waals surface area contributed by atoms with Crippen LogP contribution in [0.5, 0.6) is 0 Å². The second-order valence-electron chi connectivity index (χ2n) is 8.77. The van der Waals surface area contributed by atoms with Gasteiger partial charge in [-0.3, -0.25) is 19.0 Å². The third-order valence-electron chi connectivity index (χ3n) is 5.99. The molecule has 11 nitrogen and oxygen atoms in total. The van der Waals surface area contributed by atoms with E-state index in [1.54, 1.807) is 43.3 Å². The van der Waals surface area contributed by atoms with Crippen LogP contribution in [0.3, 0.4) is 0 Å². The summed E-state index contributed by atoms with van der Waals surface area (Å²) in [6.45, 7) is 13.2. The number of rotatable bonds is 9. The van der Waals surface area contributed by atoms with Crippen molar-refractivity contribution in [2.24, 2.45) is 0 Å². The number of nitrogens with two attached hydrogens (primary N) is 1. The summed E-state index contributed by atoms with van der Waals surface area (Å²) in [5.74, 6) is 5.22. The molecule has 1 aromatic carbocycles. The van der Waals surface area contributed by atoms with E-state index in [0.717, 1.165) is 0 Å². The van der Waals surface area contributed by atoms with Crippen molar-refractivity contribution in [1.29, 1.82) is 0 Å². The second-order valence-corrected chi connectivity index (χ2v) is 8.77. The molecule has 0 saturated carbocycles. The molecule has 11 heteroatoms. The van der Waals surface area contributed by atoms with Gasteiger partial charge in [-0.05, 0) is 43.3 Å². The third-order valence-corrected chi connectivity index (χ3v) is 5.99. The van der Waals surface area contributed by atoms with Gasteiger partial charge in [0.15, 0.2) is 17.2 Å². The van der Waals surface area contributed by atoms with Crippen LogP contribution in [0, 0.1) is 11.8 Å². The average Bonchev–Trinajstić information content (AvgIpc) is 3.32. The van der Waals surface area contributed by atoms with Crippen molar-refractivity contribution < 1.29 is 9.59 Å². The number of nitrogens with one attached hydrogen (secondary N) is 2. The topological polar surface area (TPSA) is 149 Å². The van der Waals surface area contributed by atoms with Crippen LogP contribution < -0.4 is 21.9 Å². The van der Waals surface area contributed by atoms with Crippen molar-refractivity contribution in [3.05, 3.63) is 108 Å². The molecule has 0 aliphatic carbocycles. The number of benzene rings is 1. The fourth-order valence-electron chi connectivity index (χ4n) is 4.10. The molecular weight excluding hydrogens is 520 g/mol. The maximum absolute atomic E-state index is 14.0. The van der Waals surface area contributed by atoms with Crippen LogP contribution in [0.4, 0.5) is 5.82 Å². The molecule has 0 bridgehead atoms. The van der Waals surface area contributed by atoms with Crippen molar-refractivity contribution in [1.82, 2.24) is 34.8 Å². The fraction of sp³-hybridized carbons (Fsp3) is 0.133. The summed E-state index contributed by atoms with van der Waals surface area (Å²) >= 11 is 0. The molecule has 1 atom stereocenters. The molecule has 4 rings (SSSR count). The van der Waals surface area contributed by atoms with Crippen molar-refractivity contribution >= 4 is 34.9 Å². The summed E-state index contributed by atoms with van der Waals surface area (Å²) in [6, 6.07) is 11.5. The Morgan fingerprint density at radius 2 is 1.90 bits per heavy atom. The van der Waals surface area contributed by atoms with E-state index in [1.807, 2.05) is 6.07 Å². The average molecular weight is 549 g/mol. The van der Waals surface area contributed by atoms with E-state index < -0.39 is 17.5 Å². The van der Waals surface area contributed by atoms with Gasteiger partial charge < -0.3 is 16.4 Å². The SMILES string of the molecule is C=CC(=O)NCCC#CC(=C)c1c(C=C)nc([C@H](C)NC(=O)c2c(N)nc3cccnn23)n(-c2ccccc2)c1=O. The zero-order valence-corrected chi connectivity index (χ0v) is 22.4. The van der Waals surface area contributed by atoms with Crippen molar-refractivity contribution in [2.75, 3.05) is 12.3 Å². The van der Waals surface area contributed by atoms with Crippen LogP contribution in [-0.2, 0) is 4.79 Å². The predicted molar refractivity (Wildman–Crippen MR) is 158 cm³/mol. The molecule has 4 N–H and O–H groups in total. The summed E-state index contributed by atoms with van der Waals surface area (Å²) in [5.41, 5.74) is 7.27. The van der Waals surface area contributed by atoms with Gasteiger partial charge in [0.2, 0.25) is 5.91 Å². The number of nitrogen functional groups attached to an aromatic ring is 1. The van der Waals surface area contributed by atoms with Crippen LogP contribution in [0.15, 0.2) is 79.3 Å². The highest BCUT2D eigenvalue weighted by Gasteiger charge is 2.25. The lowest BCUT2D eigenvalue weighted by atomic mass is 10.1. The first-order valence-corrected chi connectivity index (χ1v) is 12.6. The number of anilines is 1. The van der Waals surface area contributed by atoms with E-state index in [1.165, 1.54) is 27.4 Å². The van der Waals surface area contributed by atoms with Crippen LogP contribution in [0.1, 0.15) is 47.0 Å². The molecule has 0 aliphatic rings. The molecule has 4 aromatic rings. The van der Waals surface area contributed by atoms with Crippen molar-refractivity contribution in [3.8, 4) is 17.5 Å². The molecule has 0 spiro atoms. The van der Waals surface area contributed by atoms with Gasteiger partial charge in [-0.1, -0.05) is 49.8 Å². The molecule has 0 radical (unpaired) electrons. The zero-order chi connectivity index (χ0) is 29.5. The number of amides is 2. The summed E-state index contributed by atoms with van der Waals surface area (Å²) in [5, 5.41) is 9.67. The number of fused-ring (bicyclic) bond motifs is 1. The Hall–Kier alpha value is -5.76. The first-order valence-electron chi connectivity index (χ1n) is 12.6. The molecule has 0 aliphatic heterocycles. The maximum atomic E-state index is 14.0. The smallest absolute Gasteiger partial charge is 0.274 e. The minimum atomic E-state index is -0.760. The van der Waals surface area contributed by atoms with Gasteiger partial charge >= 0.3 is 0 Å². The molecule has 41 heavy (non-hydrogen) atoms. The van der Waals surface area contributed by atoms with E-state index in [4.69, 9.17) is 10.7 Å². The summed E-state index contributed by atoms with van der Waals surface area (Å²) < 4.78 is 2.75. The van der Waals surface area contributed by atoms with Crippen LogP contribution >= 0.6 is 0 Å².